The Morgan fingerprint density at radius 3 is 2.43 bits per heavy atom. The highest BCUT2D eigenvalue weighted by molar-refractivity contribution is 9.11. The van der Waals surface area contributed by atoms with Crippen LogP contribution in [0.5, 0.6) is 0 Å². The molecule has 0 unspecified atom stereocenters. The smallest absolute Gasteiger partial charge is 0.257 e. The van der Waals surface area contributed by atoms with Crippen molar-refractivity contribution in [1.82, 2.24) is 4.98 Å². The Morgan fingerprint density at radius 1 is 1.24 bits per heavy atom. The van der Waals surface area contributed by atoms with E-state index in [1.54, 1.807) is 13.1 Å². The molecule has 4 nitrogen and oxygen atoms in total. The molecule has 1 aromatic carbocycles. The lowest BCUT2D eigenvalue weighted by molar-refractivity contribution is 0.102. The van der Waals surface area contributed by atoms with Crippen molar-refractivity contribution < 1.29 is 4.79 Å². The van der Waals surface area contributed by atoms with E-state index in [-0.39, 0.29) is 5.91 Å². The van der Waals surface area contributed by atoms with Crippen molar-refractivity contribution >= 4 is 60.9 Å². The third kappa shape index (κ3) is 3.75. The second-order valence-corrected chi connectivity index (χ2v) is 6.47. The number of aryl methyl sites for hydroxylation is 1. The third-order valence-electron chi connectivity index (χ3n) is 2.78. The van der Waals surface area contributed by atoms with E-state index in [2.05, 4.69) is 47.5 Å². The Labute approximate surface area is 144 Å². The van der Waals surface area contributed by atoms with E-state index in [9.17, 15) is 4.79 Å². The van der Waals surface area contributed by atoms with Gasteiger partial charge >= 0.3 is 0 Å². The molecule has 0 aliphatic rings. The second kappa shape index (κ2) is 6.77. The lowest BCUT2D eigenvalue weighted by Gasteiger charge is -2.12. The summed E-state index contributed by atoms with van der Waals surface area (Å²) in [5.41, 5.74) is 2.09. The van der Waals surface area contributed by atoms with Gasteiger partial charge < -0.3 is 10.6 Å². The monoisotopic (exact) mass is 431 g/mol. The van der Waals surface area contributed by atoms with Gasteiger partial charge in [0.2, 0.25) is 0 Å². The first-order valence-corrected chi connectivity index (χ1v) is 7.99. The summed E-state index contributed by atoms with van der Waals surface area (Å²) < 4.78 is 1.59. The maximum Gasteiger partial charge on any atom is 0.257 e. The van der Waals surface area contributed by atoms with Crippen LogP contribution >= 0.6 is 43.5 Å². The van der Waals surface area contributed by atoms with Crippen LogP contribution in [-0.4, -0.2) is 17.9 Å². The summed E-state index contributed by atoms with van der Waals surface area (Å²) in [6.45, 7) is 1.97. The predicted molar refractivity (Wildman–Crippen MR) is 93.3 cm³/mol. The van der Waals surface area contributed by atoms with Crippen LogP contribution in [-0.2, 0) is 0 Å². The molecule has 2 N–H and O–H groups in total. The molecule has 21 heavy (non-hydrogen) atoms. The van der Waals surface area contributed by atoms with Gasteiger partial charge in [-0.2, -0.15) is 0 Å². The van der Waals surface area contributed by atoms with E-state index in [0.717, 1.165) is 14.5 Å². The first-order valence-electron chi connectivity index (χ1n) is 6.02. The zero-order chi connectivity index (χ0) is 15.6. The van der Waals surface area contributed by atoms with Crippen molar-refractivity contribution in [2.45, 2.75) is 6.92 Å². The van der Waals surface area contributed by atoms with Gasteiger partial charge in [-0.3, -0.25) is 4.79 Å². The van der Waals surface area contributed by atoms with E-state index in [0.29, 0.717) is 22.1 Å². The number of hydrogen-bond acceptors (Lipinski definition) is 3. The SMILES string of the molecule is CNc1cc(C(=O)Nc2c(Br)cc(C)cc2Br)c(Cl)cn1. The van der Waals surface area contributed by atoms with Gasteiger partial charge in [-0.05, 0) is 62.5 Å². The Morgan fingerprint density at radius 2 is 1.86 bits per heavy atom. The van der Waals surface area contributed by atoms with E-state index in [1.165, 1.54) is 6.20 Å². The van der Waals surface area contributed by atoms with Crippen LogP contribution in [0.25, 0.3) is 0 Å². The lowest BCUT2D eigenvalue weighted by Crippen LogP contribution is -2.14. The fourth-order valence-electron chi connectivity index (χ4n) is 1.75. The largest absolute Gasteiger partial charge is 0.373 e. The number of amides is 1. The van der Waals surface area contributed by atoms with Crippen LogP contribution in [0.15, 0.2) is 33.3 Å². The minimum atomic E-state index is -0.302. The molecule has 7 heteroatoms. The normalized spacial score (nSPS) is 10.3. The molecule has 0 fully saturated rings. The van der Waals surface area contributed by atoms with Gasteiger partial charge in [-0.25, -0.2) is 4.98 Å². The van der Waals surface area contributed by atoms with E-state index in [4.69, 9.17) is 11.6 Å². The van der Waals surface area contributed by atoms with Crippen LogP contribution in [0.1, 0.15) is 15.9 Å². The number of carbonyl (C=O) groups excluding carboxylic acids is 1. The average molecular weight is 434 g/mol. The molecule has 0 radical (unpaired) electrons. The number of nitrogens with zero attached hydrogens (tertiary/aromatic N) is 1. The molecule has 0 spiro atoms. The Bertz CT molecular complexity index is 684. The Balaban J connectivity index is 2.35. The van der Waals surface area contributed by atoms with E-state index >= 15 is 0 Å². The molecule has 0 saturated heterocycles. The van der Waals surface area contributed by atoms with Crippen molar-refractivity contribution in [3.8, 4) is 0 Å². The molecule has 1 heterocycles. The number of rotatable bonds is 3. The molecule has 0 aliphatic heterocycles. The summed E-state index contributed by atoms with van der Waals surface area (Å²) in [6.07, 6.45) is 1.45. The van der Waals surface area contributed by atoms with Crippen molar-refractivity contribution in [3.05, 3.63) is 49.5 Å². The molecule has 2 aromatic rings. The summed E-state index contributed by atoms with van der Waals surface area (Å²) in [5, 5.41) is 6.01. The molecule has 0 aliphatic carbocycles. The number of nitrogens with one attached hydrogen (secondary N) is 2. The summed E-state index contributed by atoms with van der Waals surface area (Å²) in [7, 11) is 1.73. The fourth-order valence-corrected chi connectivity index (χ4v) is 3.55. The van der Waals surface area contributed by atoms with Crippen molar-refractivity contribution in [2.75, 3.05) is 17.7 Å². The van der Waals surface area contributed by atoms with Crippen molar-refractivity contribution in [3.63, 3.8) is 0 Å². The number of anilines is 2. The van der Waals surface area contributed by atoms with Gasteiger partial charge in [0.05, 0.1) is 16.3 Å². The van der Waals surface area contributed by atoms with E-state index in [1.807, 2.05) is 19.1 Å². The first-order chi connectivity index (χ1) is 9.92. The summed E-state index contributed by atoms with van der Waals surface area (Å²) in [5.74, 6) is 0.274. The number of benzene rings is 1. The molecule has 1 aromatic heterocycles. The third-order valence-corrected chi connectivity index (χ3v) is 4.33. The molecule has 0 atom stereocenters. The highest BCUT2D eigenvalue weighted by atomic mass is 79.9. The maximum absolute atomic E-state index is 12.4. The zero-order valence-electron chi connectivity index (χ0n) is 11.3. The molecular weight excluding hydrogens is 421 g/mol. The zero-order valence-corrected chi connectivity index (χ0v) is 15.2. The average Bonchev–Trinajstić information content (AvgIpc) is 2.43. The molecule has 1 amide bonds. The van der Waals surface area contributed by atoms with Gasteiger partial charge in [0.25, 0.3) is 5.91 Å². The highest BCUT2D eigenvalue weighted by Crippen LogP contribution is 2.33. The lowest BCUT2D eigenvalue weighted by atomic mass is 10.2. The van der Waals surface area contributed by atoms with E-state index < -0.39 is 0 Å². The van der Waals surface area contributed by atoms with Gasteiger partial charge in [-0.1, -0.05) is 11.6 Å². The van der Waals surface area contributed by atoms with Crippen LogP contribution in [0.2, 0.25) is 5.02 Å². The summed E-state index contributed by atoms with van der Waals surface area (Å²) in [4.78, 5) is 16.5. The van der Waals surface area contributed by atoms with Gasteiger partial charge in [-0.15, -0.1) is 0 Å². The maximum atomic E-state index is 12.4. The number of hydrogen-bond donors (Lipinski definition) is 2. The quantitative estimate of drug-likeness (QED) is 0.727. The van der Waals surface area contributed by atoms with Crippen LogP contribution < -0.4 is 10.6 Å². The number of halogens is 3. The van der Waals surface area contributed by atoms with Crippen molar-refractivity contribution in [1.29, 1.82) is 0 Å². The summed E-state index contributed by atoms with van der Waals surface area (Å²) in [6, 6.07) is 5.45. The molecule has 0 bridgehead atoms. The topological polar surface area (TPSA) is 54.0 Å². The molecule has 110 valence electrons. The van der Waals surface area contributed by atoms with Crippen LogP contribution in [0.4, 0.5) is 11.5 Å². The number of aromatic nitrogens is 1. The fraction of sp³-hybridized carbons (Fsp3) is 0.143. The van der Waals surface area contributed by atoms with Gasteiger partial charge in [0.15, 0.2) is 0 Å². The number of carbonyl (C=O) groups is 1. The minimum Gasteiger partial charge on any atom is -0.373 e. The van der Waals surface area contributed by atoms with Crippen LogP contribution in [0, 0.1) is 6.92 Å². The van der Waals surface area contributed by atoms with Gasteiger partial charge in [0, 0.05) is 22.2 Å². The minimum absolute atomic E-state index is 0.297. The standard InChI is InChI=1S/C14H12Br2ClN3O/c1-7-3-9(15)13(10(16)4-7)20-14(21)8-5-12(18-2)19-6-11(8)17/h3-6H,1-2H3,(H,18,19)(H,20,21). The predicted octanol–water partition coefficient (Wildman–Crippen LogP) is 4.86. The second-order valence-electron chi connectivity index (χ2n) is 4.36. The molecular formula is C14H12Br2ClN3O. The van der Waals surface area contributed by atoms with Crippen LogP contribution in [0.3, 0.4) is 0 Å². The molecule has 2 rings (SSSR count). The number of pyridine rings is 1. The Kier molecular flexibility index (Phi) is 5.24. The van der Waals surface area contributed by atoms with Crippen molar-refractivity contribution in [2.24, 2.45) is 0 Å². The highest BCUT2D eigenvalue weighted by Gasteiger charge is 2.15. The first kappa shape index (κ1) is 16.3. The summed E-state index contributed by atoms with van der Waals surface area (Å²) >= 11 is 12.9. The molecule has 0 saturated carbocycles. The van der Waals surface area contributed by atoms with Gasteiger partial charge in [0.1, 0.15) is 5.82 Å². The Hall–Kier alpha value is -1.11.